The van der Waals surface area contributed by atoms with E-state index in [1.807, 2.05) is 0 Å². The van der Waals surface area contributed by atoms with E-state index in [1.165, 1.54) is 0 Å². The van der Waals surface area contributed by atoms with Crippen LogP contribution in [0.4, 0.5) is 0 Å². The quantitative estimate of drug-likeness (QED) is 0.410. The van der Waals surface area contributed by atoms with Crippen molar-refractivity contribution in [2.75, 3.05) is 0 Å². The van der Waals surface area contributed by atoms with Crippen LogP contribution in [0.1, 0.15) is 32.6 Å². The fraction of sp³-hybridized carbons (Fsp3) is 1.00. The van der Waals surface area contributed by atoms with Gasteiger partial charge in [0.1, 0.15) is 0 Å². The zero-order valence-corrected chi connectivity index (χ0v) is 8.19. The summed E-state index contributed by atoms with van der Waals surface area (Å²) in [5.74, 6) is -0.442. The molecule has 0 heterocycles. The highest BCUT2D eigenvalue weighted by atomic mass is 16.4. The van der Waals surface area contributed by atoms with Crippen molar-refractivity contribution in [3.63, 3.8) is 0 Å². The molecule has 4 N–H and O–H groups in total. The first kappa shape index (κ1) is 9.09. The van der Waals surface area contributed by atoms with Crippen LogP contribution in [-0.4, -0.2) is 42.8 Å². The summed E-state index contributed by atoms with van der Waals surface area (Å²) in [7, 11) is 0. The molecule has 4 heteroatoms. The largest absolute Gasteiger partial charge is 0.390 e. The van der Waals surface area contributed by atoms with E-state index in [9.17, 15) is 20.4 Å². The first-order valence-corrected chi connectivity index (χ1v) is 5.09. The molecule has 0 bridgehead atoms. The molecule has 0 amide bonds. The third-order valence-corrected chi connectivity index (χ3v) is 4.21. The first-order chi connectivity index (χ1) is 6.19. The second-order valence-corrected chi connectivity index (χ2v) is 5.95. The van der Waals surface area contributed by atoms with Crippen molar-refractivity contribution in [3.8, 4) is 0 Å². The molecule has 14 heavy (non-hydrogen) atoms. The van der Waals surface area contributed by atoms with Crippen LogP contribution in [0.2, 0.25) is 0 Å². The Morgan fingerprint density at radius 2 is 1.14 bits per heavy atom. The van der Waals surface area contributed by atoms with E-state index < -0.39 is 28.3 Å². The van der Waals surface area contributed by atoms with Gasteiger partial charge in [-0.2, -0.15) is 0 Å². The molecule has 3 saturated carbocycles. The topological polar surface area (TPSA) is 80.9 Å². The molecule has 0 aromatic carbocycles. The normalized spacial score (nSPS) is 70.5. The molecule has 3 aliphatic rings. The third-order valence-electron chi connectivity index (χ3n) is 4.21. The molecule has 3 aliphatic carbocycles. The Bertz CT molecular complexity index is 289. The standard InChI is InChI=1S/C10H16O4/c1-7(11)2-8(12)4-10(14)5-9(13,3-7)6(8)10/h6,11-14H,2-5H2,1H3. The van der Waals surface area contributed by atoms with Crippen molar-refractivity contribution in [2.24, 2.45) is 5.92 Å². The lowest BCUT2D eigenvalue weighted by Crippen LogP contribution is -2.86. The SMILES string of the molecule is CC1(O)CC2(O)CC3(O)CC(O)(C1)C23. The van der Waals surface area contributed by atoms with Gasteiger partial charge >= 0.3 is 0 Å². The van der Waals surface area contributed by atoms with E-state index in [2.05, 4.69) is 0 Å². The van der Waals surface area contributed by atoms with Crippen LogP contribution in [0, 0.1) is 5.92 Å². The van der Waals surface area contributed by atoms with E-state index >= 15 is 0 Å². The maximum absolute atomic E-state index is 10.1. The predicted octanol–water partition coefficient (Wildman–Crippen LogP) is -0.852. The van der Waals surface area contributed by atoms with Crippen LogP contribution in [0.5, 0.6) is 0 Å². The number of hydrogen-bond acceptors (Lipinski definition) is 4. The Kier molecular flexibility index (Phi) is 1.23. The second-order valence-electron chi connectivity index (χ2n) is 5.95. The fourth-order valence-electron chi connectivity index (χ4n) is 4.48. The highest BCUT2D eigenvalue weighted by molar-refractivity contribution is 5.32. The molecule has 0 saturated heterocycles. The van der Waals surface area contributed by atoms with Crippen molar-refractivity contribution in [1.82, 2.24) is 0 Å². The molecule has 0 spiro atoms. The Balaban J connectivity index is 1.98. The lowest BCUT2D eigenvalue weighted by Gasteiger charge is -2.75. The Morgan fingerprint density at radius 1 is 0.786 bits per heavy atom. The van der Waals surface area contributed by atoms with Gasteiger partial charge in [0.2, 0.25) is 0 Å². The molecule has 2 unspecified atom stereocenters. The first-order valence-electron chi connectivity index (χ1n) is 5.09. The summed E-state index contributed by atoms with van der Waals surface area (Å²) in [5, 5.41) is 40.0. The maximum Gasteiger partial charge on any atom is 0.0785 e. The van der Waals surface area contributed by atoms with Crippen LogP contribution in [0.25, 0.3) is 0 Å². The van der Waals surface area contributed by atoms with Gasteiger partial charge in [0.25, 0.3) is 0 Å². The van der Waals surface area contributed by atoms with Crippen molar-refractivity contribution in [2.45, 2.75) is 55.0 Å². The molecule has 0 aromatic heterocycles. The van der Waals surface area contributed by atoms with E-state index in [0.29, 0.717) is 12.8 Å². The van der Waals surface area contributed by atoms with Crippen LogP contribution >= 0.6 is 0 Å². The number of aliphatic hydroxyl groups is 4. The number of hydrogen-bond donors (Lipinski definition) is 4. The molecule has 0 aliphatic heterocycles. The van der Waals surface area contributed by atoms with E-state index in [1.54, 1.807) is 6.92 Å². The van der Waals surface area contributed by atoms with Gasteiger partial charge in [0.15, 0.2) is 0 Å². The number of rotatable bonds is 0. The zero-order chi connectivity index (χ0) is 10.4. The summed E-state index contributed by atoms with van der Waals surface area (Å²) in [6, 6.07) is 0. The zero-order valence-electron chi connectivity index (χ0n) is 8.19. The summed E-state index contributed by atoms with van der Waals surface area (Å²) < 4.78 is 0. The molecular formula is C10H16O4. The third kappa shape index (κ3) is 0.795. The monoisotopic (exact) mass is 200 g/mol. The minimum atomic E-state index is -1.05. The summed E-state index contributed by atoms with van der Waals surface area (Å²) >= 11 is 0. The Hall–Kier alpha value is -0.160. The molecule has 0 radical (unpaired) electrons. The summed E-state index contributed by atoms with van der Waals surface area (Å²) in [4.78, 5) is 0. The predicted molar refractivity (Wildman–Crippen MR) is 47.4 cm³/mol. The summed E-state index contributed by atoms with van der Waals surface area (Å²) in [6.07, 6.45) is 1.11. The Morgan fingerprint density at radius 3 is 1.50 bits per heavy atom. The van der Waals surface area contributed by atoms with Gasteiger partial charge in [-0.3, -0.25) is 0 Å². The lowest BCUT2D eigenvalue weighted by molar-refractivity contribution is -0.405. The molecule has 2 atom stereocenters. The summed E-state index contributed by atoms with van der Waals surface area (Å²) in [6.45, 7) is 1.63. The van der Waals surface area contributed by atoms with Gasteiger partial charge in [-0.05, 0) is 6.92 Å². The van der Waals surface area contributed by atoms with Crippen molar-refractivity contribution < 1.29 is 20.4 Å². The molecule has 3 fully saturated rings. The van der Waals surface area contributed by atoms with E-state index in [-0.39, 0.29) is 12.8 Å². The maximum atomic E-state index is 10.1. The molecule has 0 aromatic rings. The second kappa shape index (κ2) is 1.89. The fourth-order valence-corrected chi connectivity index (χ4v) is 4.48. The Labute approximate surface area is 82.2 Å². The van der Waals surface area contributed by atoms with Gasteiger partial charge in [0, 0.05) is 31.6 Å². The van der Waals surface area contributed by atoms with Gasteiger partial charge < -0.3 is 20.4 Å². The molecule has 4 nitrogen and oxygen atoms in total. The molecule has 3 rings (SSSR count). The average molecular weight is 200 g/mol. The van der Waals surface area contributed by atoms with Gasteiger partial charge in [-0.15, -0.1) is 0 Å². The van der Waals surface area contributed by atoms with Crippen LogP contribution in [-0.2, 0) is 0 Å². The van der Waals surface area contributed by atoms with Crippen molar-refractivity contribution >= 4 is 0 Å². The highest BCUT2D eigenvalue weighted by Gasteiger charge is 2.81. The van der Waals surface area contributed by atoms with E-state index in [0.717, 1.165) is 0 Å². The van der Waals surface area contributed by atoms with Crippen molar-refractivity contribution in [1.29, 1.82) is 0 Å². The van der Waals surface area contributed by atoms with Crippen molar-refractivity contribution in [3.05, 3.63) is 0 Å². The highest BCUT2D eigenvalue weighted by Crippen LogP contribution is 2.70. The molecule has 80 valence electrons. The minimum absolute atomic E-state index is 0.259. The van der Waals surface area contributed by atoms with Crippen LogP contribution in [0.15, 0.2) is 0 Å². The van der Waals surface area contributed by atoms with Gasteiger partial charge in [-0.1, -0.05) is 0 Å². The van der Waals surface area contributed by atoms with Gasteiger partial charge in [0.05, 0.1) is 22.4 Å². The van der Waals surface area contributed by atoms with Gasteiger partial charge in [-0.25, -0.2) is 0 Å². The van der Waals surface area contributed by atoms with Crippen LogP contribution in [0.3, 0.4) is 0 Å². The van der Waals surface area contributed by atoms with Crippen LogP contribution < -0.4 is 0 Å². The minimum Gasteiger partial charge on any atom is -0.390 e. The lowest BCUT2D eigenvalue weighted by atomic mass is 9.35. The summed E-state index contributed by atoms with van der Waals surface area (Å²) in [5.41, 5.74) is -3.98. The molecular weight excluding hydrogens is 184 g/mol. The smallest absolute Gasteiger partial charge is 0.0785 e. The average Bonchev–Trinajstić information content (AvgIpc) is 1.72. The van der Waals surface area contributed by atoms with E-state index in [4.69, 9.17) is 0 Å².